The van der Waals surface area contributed by atoms with E-state index in [0.717, 1.165) is 5.02 Å². The van der Waals surface area contributed by atoms with Crippen molar-refractivity contribution in [1.29, 1.82) is 0 Å². The van der Waals surface area contributed by atoms with Gasteiger partial charge in [-0.3, -0.25) is 0 Å². The van der Waals surface area contributed by atoms with E-state index in [4.69, 9.17) is 11.6 Å². The van der Waals surface area contributed by atoms with Crippen molar-refractivity contribution in [2.45, 2.75) is 39.2 Å². The minimum Gasteiger partial charge on any atom is -0.309 e. The number of hydrogen-bond donors (Lipinski definition) is 1. The molecule has 0 amide bonds. The number of rotatable bonds is 6. The Kier molecular flexibility index (Phi) is 5.84. The van der Waals surface area contributed by atoms with Crippen LogP contribution in [0.3, 0.4) is 0 Å². The molecule has 0 fully saturated rings. The van der Waals surface area contributed by atoms with Gasteiger partial charge in [0.15, 0.2) is 0 Å². The summed E-state index contributed by atoms with van der Waals surface area (Å²) in [6.45, 7) is 4.34. The van der Waals surface area contributed by atoms with E-state index < -0.39 is 0 Å². The molecule has 0 bridgehead atoms. The first kappa shape index (κ1) is 16.1. The Balaban J connectivity index is 2.24. The van der Waals surface area contributed by atoms with Gasteiger partial charge in [0, 0.05) is 5.02 Å². The monoisotopic (exact) mass is 301 g/mol. The van der Waals surface area contributed by atoms with Gasteiger partial charge in [0.25, 0.3) is 0 Å². The van der Waals surface area contributed by atoms with Crippen LogP contribution in [0, 0.1) is 6.92 Å². The first-order chi connectivity index (χ1) is 10.2. The zero-order valence-corrected chi connectivity index (χ0v) is 13.9. The lowest BCUT2D eigenvalue weighted by atomic mass is 9.94. The van der Waals surface area contributed by atoms with Crippen LogP contribution >= 0.6 is 11.6 Å². The van der Waals surface area contributed by atoms with Crippen LogP contribution in [0.15, 0.2) is 42.5 Å². The molecule has 0 aromatic heterocycles. The van der Waals surface area contributed by atoms with Gasteiger partial charge in [0.05, 0.1) is 6.04 Å². The molecule has 0 spiro atoms. The maximum absolute atomic E-state index is 6.06. The summed E-state index contributed by atoms with van der Waals surface area (Å²) in [5.74, 6) is 0. The lowest BCUT2D eigenvalue weighted by molar-refractivity contribution is 0.687. The first-order valence-electron chi connectivity index (χ1n) is 7.68. The molecule has 2 aromatic carbocycles. The minimum atomic E-state index is 0.211. The summed E-state index contributed by atoms with van der Waals surface area (Å²) in [6, 6.07) is 15.3. The third kappa shape index (κ3) is 4.09. The van der Waals surface area contributed by atoms with Gasteiger partial charge in [0.1, 0.15) is 0 Å². The average Bonchev–Trinajstić information content (AvgIpc) is 2.49. The number of aryl methyl sites for hydroxylation is 2. The first-order valence-corrected chi connectivity index (χ1v) is 8.05. The molecule has 2 heteroatoms. The molecule has 0 aliphatic carbocycles. The predicted octanol–water partition coefficient (Wildman–Crippen LogP) is 5.30. The van der Waals surface area contributed by atoms with Crippen LogP contribution in [0.5, 0.6) is 0 Å². The molecule has 0 aliphatic rings. The van der Waals surface area contributed by atoms with Crippen molar-refractivity contribution in [3.05, 3.63) is 69.7 Å². The Morgan fingerprint density at radius 1 is 1.10 bits per heavy atom. The summed E-state index contributed by atoms with van der Waals surface area (Å²) in [5, 5.41) is 4.21. The maximum atomic E-state index is 6.06. The summed E-state index contributed by atoms with van der Waals surface area (Å²) >= 11 is 6.06. The molecule has 0 radical (unpaired) electrons. The van der Waals surface area contributed by atoms with Crippen molar-refractivity contribution in [3.8, 4) is 0 Å². The normalized spacial score (nSPS) is 12.4. The molecule has 1 nitrogen and oxygen atoms in total. The highest BCUT2D eigenvalue weighted by molar-refractivity contribution is 6.30. The quantitative estimate of drug-likeness (QED) is 0.763. The largest absolute Gasteiger partial charge is 0.309 e. The Labute approximate surface area is 133 Å². The van der Waals surface area contributed by atoms with Gasteiger partial charge in [-0.1, -0.05) is 55.3 Å². The molecule has 1 N–H and O–H groups in total. The maximum Gasteiger partial charge on any atom is 0.0576 e. The highest BCUT2D eigenvalue weighted by atomic mass is 35.5. The van der Waals surface area contributed by atoms with Crippen LogP contribution in [-0.4, -0.2) is 7.05 Å². The third-order valence-corrected chi connectivity index (χ3v) is 4.20. The summed E-state index contributed by atoms with van der Waals surface area (Å²) in [5.41, 5.74) is 5.21. The zero-order chi connectivity index (χ0) is 15.2. The minimum absolute atomic E-state index is 0.211. The second-order valence-electron chi connectivity index (χ2n) is 5.57. The molecule has 1 atom stereocenters. The molecule has 0 heterocycles. The average molecular weight is 302 g/mol. The Morgan fingerprint density at radius 3 is 2.38 bits per heavy atom. The number of nitrogens with one attached hydrogen (secondary N) is 1. The topological polar surface area (TPSA) is 12.0 Å². The smallest absolute Gasteiger partial charge is 0.0576 e. The van der Waals surface area contributed by atoms with Crippen molar-refractivity contribution >= 4 is 11.6 Å². The van der Waals surface area contributed by atoms with Gasteiger partial charge in [-0.25, -0.2) is 0 Å². The zero-order valence-electron chi connectivity index (χ0n) is 13.1. The lowest BCUT2D eigenvalue weighted by Gasteiger charge is -2.20. The fourth-order valence-corrected chi connectivity index (χ4v) is 2.95. The van der Waals surface area contributed by atoms with Crippen LogP contribution in [-0.2, 0) is 6.42 Å². The molecule has 112 valence electrons. The van der Waals surface area contributed by atoms with Crippen LogP contribution < -0.4 is 5.32 Å². The van der Waals surface area contributed by atoms with Crippen LogP contribution in [0.4, 0.5) is 0 Å². The van der Waals surface area contributed by atoms with E-state index in [1.807, 2.05) is 19.2 Å². The molecule has 1 unspecified atom stereocenters. The molecule has 21 heavy (non-hydrogen) atoms. The number of unbranched alkanes of at least 4 members (excludes halogenated alkanes) is 1. The van der Waals surface area contributed by atoms with Gasteiger partial charge in [-0.05, 0) is 61.2 Å². The second-order valence-corrected chi connectivity index (χ2v) is 6.00. The van der Waals surface area contributed by atoms with Crippen molar-refractivity contribution in [2.24, 2.45) is 0 Å². The molecule has 0 aliphatic heterocycles. The van der Waals surface area contributed by atoms with Gasteiger partial charge in [-0.15, -0.1) is 0 Å². The second kappa shape index (κ2) is 7.63. The van der Waals surface area contributed by atoms with Gasteiger partial charge in [0.2, 0.25) is 0 Å². The van der Waals surface area contributed by atoms with E-state index in [2.05, 4.69) is 49.5 Å². The summed E-state index contributed by atoms with van der Waals surface area (Å²) < 4.78 is 0. The Hall–Kier alpha value is -1.31. The van der Waals surface area contributed by atoms with Crippen LogP contribution in [0.25, 0.3) is 0 Å². The fourth-order valence-electron chi connectivity index (χ4n) is 2.72. The number of hydrogen-bond acceptors (Lipinski definition) is 1. The summed E-state index contributed by atoms with van der Waals surface area (Å²) in [6.07, 6.45) is 3.66. The van der Waals surface area contributed by atoms with Gasteiger partial charge < -0.3 is 5.32 Å². The third-order valence-electron chi connectivity index (χ3n) is 3.96. The van der Waals surface area contributed by atoms with Gasteiger partial charge in [-0.2, -0.15) is 0 Å². The van der Waals surface area contributed by atoms with E-state index in [0.29, 0.717) is 0 Å². The number of benzene rings is 2. The summed E-state index contributed by atoms with van der Waals surface area (Å²) in [7, 11) is 2.00. The molecular formula is C19H24ClN. The van der Waals surface area contributed by atoms with E-state index in [-0.39, 0.29) is 6.04 Å². The van der Waals surface area contributed by atoms with Crippen molar-refractivity contribution in [3.63, 3.8) is 0 Å². The van der Waals surface area contributed by atoms with E-state index >= 15 is 0 Å². The van der Waals surface area contributed by atoms with Crippen molar-refractivity contribution < 1.29 is 0 Å². The molecule has 2 rings (SSSR count). The SMILES string of the molecule is CCCCc1ccc(C(NC)c2ccc(Cl)cc2C)cc1. The Morgan fingerprint density at radius 2 is 1.81 bits per heavy atom. The van der Waals surface area contributed by atoms with E-state index in [1.54, 1.807) is 0 Å². The molecule has 0 saturated heterocycles. The van der Waals surface area contributed by atoms with E-state index in [1.165, 1.54) is 41.5 Å². The molecular weight excluding hydrogens is 278 g/mol. The highest BCUT2D eigenvalue weighted by Gasteiger charge is 2.14. The van der Waals surface area contributed by atoms with Gasteiger partial charge >= 0.3 is 0 Å². The van der Waals surface area contributed by atoms with E-state index in [9.17, 15) is 0 Å². The molecule has 2 aromatic rings. The predicted molar refractivity (Wildman–Crippen MR) is 92.1 cm³/mol. The Bertz CT molecular complexity index is 575. The van der Waals surface area contributed by atoms with Crippen molar-refractivity contribution in [1.82, 2.24) is 5.32 Å². The van der Waals surface area contributed by atoms with Crippen LogP contribution in [0.1, 0.15) is 48.1 Å². The van der Waals surface area contributed by atoms with Crippen LogP contribution in [0.2, 0.25) is 5.02 Å². The fraction of sp³-hybridized carbons (Fsp3) is 0.368. The standard InChI is InChI=1S/C19H24ClN/c1-4-5-6-15-7-9-16(10-8-15)19(21-3)18-12-11-17(20)13-14(18)2/h7-13,19,21H,4-6H2,1-3H3. The molecule has 0 saturated carbocycles. The number of halogens is 1. The van der Waals surface area contributed by atoms with Crippen molar-refractivity contribution in [2.75, 3.05) is 7.05 Å². The summed E-state index contributed by atoms with van der Waals surface area (Å²) in [4.78, 5) is 0. The lowest BCUT2D eigenvalue weighted by Crippen LogP contribution is -2.18. The highest BCUT2D eigenvalue weighted by Crippen LogP contribution is 2.27.